The van der Waals surface area contributed by atoms with Crippen molar-refractivity contribution in [3.8, 4) is 6.19 Å². The second kappa shape index (κ2) is 8.18. The second-order valence-electron chi connectivity index (χ2n) is 6.09. The van der Waals surface area contributed by atoms with E-state index in [2.05, 4.69) is 5.32 Å². The zero-order valence-corrected chi connectivity index (χ0v) is 14.3. The molecule has 0 aliphatic heterocycles. The predicted octanol–water partition coefficient (Wildman–Crippen LogP) is 1.84. The molecule has 2 amide bonds. The van der Waals surface area contributed by atoms with E-state index in [0.29, 0.717) is 12.0 Å². The molecule has 0 aliphatic rings. The number of nitrogens with zero attached hydrogens (tertiary/aromatic N) is 3. The van der Waals surface area contributed by atoms with E-state index in [9.17, 15) is 9.59 Å². The molecule has 6 heteroatoms. The summed E-state index contributed by atoms with van der Waals surface area (Å²) < 4.78 is 0. The topological polar surface area (TPSA) is 76.4 Å². The molecule has 0 heterocycles. The van der Waals surface area contributed by atoms with E-state index in [1.54, 1.807) is 18.3 Å². The highest BCUT2D eigenvalue weighted by Gasteiger charge is 2.25. The number of hydrogen-bond donors (Lipinski definition) is 1. The lowest BCUT2D eigenvalue weighted by Gasteiger charge is -2.22. The van der Waals surface area contributed by atoms with Crippen molar-refractivity contribution in [1.82, 2.24) is 10.2 Å². The molecular weight excluding hydrogens is 292 g/mol. The van der Waals surface area contributed by atoms with Gasteiger partial charge in [0.1, 0.15) is 6.04 Å². The van der Waals surface area contributed by atoms with Gasteiger partial charge in [0, 0.05) is 32.4 Å². The predicted molar refractivity (Wildman–Crippen MR) is 89.9 cm³/mol. The minimum absolute atomic E-state index is 0.215. The minimum Gasteiger partial charge on any atom is -0.378 e. The van der Waals surface area contributed by atoms with Crippen LogP contribution in [-0.4, -0.2) is 43.9 Å². The fourth-order valence-corrected chi connectivity index (χ4v) is 2.13. The molecule has 0 bridgehead atoms. The maximum Gasteiger partial charge on any atom is 0.257 e. The maximum absolute atomic E-state index is 12.4. The van der Waals surface area contributed by atoms with Crippen molar-refractivity contribution < 1.29 is 9.59 Å². The van der Waals surface area contributed by atoms with Gasteiger partial charge in [0.2, 0.25) is 0 Å². The highest BCUT2D eigenvalue weighted by molar-refractivity contribution is 5.98. The van der Waals surface area contributed by atoms with E-state index < -0.39 is 11.9 Å². The lowest BCUT2D eigenvalue weighted by atomic mass is 10.0. The number of carbonyl (C=O) groups is 2. The summed E-state index contributed by atoms with van der Waals surface area (Å²) in [6, 6.07) is 6.41. The second-order valence-corrected chi connectivity index (χ2v) is 6.09. The lowest BCUT2D eigenvalue weighted by Crippen LogP contribution is -2.46. The Morgan fingerprint density at radius 3 is 2.17 bits per heavy atom. The van der Waals surface area contributed by atoms with Crippen LogP contribution in [0.3, 0.4) is 0 Å². The number of amides is 2. The first-order chi connectivity index (χ1) is 10.8. The zero-order chi connectivity index (χ0) is 17.6. The number of rotatable bonds is 6. The largest absolute Gasteiger partial charge is 0.378 e. The maximum atomic E-state index is 12.4. The Kier molecular flexibility index (Phi) is 6.58. The Morgan fingerprint density at radius 2 is 1.74 bits per heavy atom. The molecule has 6 nitrogen and oxygen atoms in total. The van der Waals surface area contributed by atoms with Crippen molar-refractivity contribution in [2.75, 3.05) is 26.0 Å². The van der Waals surface area contributed by atoms with Crippen LogP contribution in [0.25, 0.3) is 0 Å². The van der Waals surface area contributed by atoms with E-state index in [0.717, 1.165) is 10.6 Å². The molecule has 0 aliphatic carbocycles. The van der Waals surface area contributed by atoms with E-state index in [1.165, 1.54) is 7.05 Å². The summed E-state index contributed by atoms with van der Waals surface area (Å²) in [5, 5.41) is 11.6. The van der Waals surface area contributed by atoms with Gasteiger partial charge in [-0.1, -0.05) is 13.8 Å². The molecule has 0 fully saturated rings. The summed E-state index contributed by atoms with van der Waals surface area (Å²) in [5.74, 6) is -0.507. The molecule has 1 unspecified atom stereocenters. The number of nitrogens with one attached hydrogen (secondary N) is 1. The number of anilines is 1. The van der Waals surface area contributed by atoms with Gasteiger partial charge in [0.05, 0.1) is 0 Å². The van der Waals surface area contributed by atoms with Gasteiger partial charge in [-0.3, -0.25) is 14.5 Å². The molecular formula is C17H24N4O2. The average Bonchev–Trinajstić information content (AvgIpc) is 2.52. The summed E-state index contributed by atoms with van der Waals surface area (Å²) in [5.41, 5.74) is 1.47. The minimum atomic E-state index is -0.708. The van der Waals surface area contributed by atoms with Gasteiger partial charge in [-0.25, -0.2) is 0 Å². The highest BCUT2D eigenvalue weighted by Crippen LogP contribution is 2.13. The molecule has 1 rings (SSSR count). The van der Waals surface area contributed by atoms with Crippen molar-refractivity contribution in [3.63, 3.8) is 0 Å². The molecule has 0 saturated carbocycles. The van der Waals surface area contributed by atoms with Crippen molar-refractivity contribution in [2.45, 2.75) is 26.3 Å². The molecule has 0 radical (unpaired) electrons. The van der Waals surface area contributed by atoms with Crippen molar-refractivity contribution >= 4 is 17.5 Å². The van der Waals surface area contributed by atoms with E-state index in [-0.39, 0.29) is 11.8 Å². The first-order valence-corrected chi connectivity index (χ1v) is 7.51. The standard InChI is InChI=1S/C17H24N4O2/c1-12(2)10-15(17(23)21(5)11-18)19-16(22)13-6-8-14(9-7-13)20(3)4/h6-9,12,15H,10H2,1-5H3,(H,19,22). The summed E-state index contributed by atoms with van der Waals surface area (Å²) in [6.45, 7) is 3.93. The van der Waals surface area contributed by atoms with Crippen LogP contribution in [0.15, 0.2) is 24.3 Å². The Hall–Kier alpha value is -2.55. The van der Waals surface area contributed by atoms with Crippen LogP contribution in [0.5, 0.6) is 0 Å². The van der Waals surface area contributed by atoms with Crippen LogP contribution >= 0.6 is 0 Å². The molecule has 1 aromatic rings. The molecule has 1 aromatic carbocycles. The third kappa shape index (κ3) is 5.29. The zero-order valence-electron chi connectivity index (χ0n) is 14.3. The molecule has 1 N–H and O–H groups in total. The smallest absolute Gasteiger partial charge is 0.257 e. The third-order valence-corrected chi connectivity index (χ3v) is 3.44. The molecule has 0 saturated heterocycles. The van der Waals surface area contributed by atoms with E-state index >= 15 is 0 Å². The molecule has 23 heavy (non-hydrogen) atoms. The monoisotopic (exact) mass is 316 g/mol. The highest BCUT2D eigenvalue weighted by atomic mass is 16.2. The summed E-state index contributed by atoms with van der Waals surface area (Å²) in [4.78, 5) is 27.4. The number of benzene rings is 1. The third-order valence-electron chi connectivity index (χ3n) is 3.44. The van der Waals surface area contributed by atoms with Gasteiger partial charge < -0.3 is 10.2 Å². The van der Waals surface area contributed by atoms with Gasteiger partial charge in [0.25, 0.3) is 11.8 Å². The van der Waals surface area contributed by atoms with Crippen LogP contribution in [0, 0.1) is 17.4 Å². The SMILES string of the molecule is CC(C)CC(NC(=O)c1ccc(N(C)C)cc1)C(=O)N(C)C#N. The van der Waals surface area contributed by atoms with E-state index in [4.69, 9.17) is 5.26 Å². The lowest BCUT2D eigenvalue weighted by molar-refractivity contribution is -0.129. The summed E-state index contributed by atoms with van der Waals surface area (Å²) in [6.07, 6.45) is 2.26. The van der Waals surface area contributed by atoms with Gasteiger partial charge in [-0.15, -0.1) is 0 Å². The van der Waals surface area contributed by atoms with Gasteiger partial charge >= 0.3 is 0 Å². The van der Waals surface area contributed by atoms with Crippen molar-refractivity contribution in [1.29, 1.82) is 5.26 Å². The first-order valence-electron chi connectivity index (χ1n) is 7.51. The number of hydrogen-bond acceptors (Lipinski definition) is 4. The molecule has 0 aromatic heterocycles. The first kappa shape index (κ1) is 18.5. The Balaban J connectivity index is 2.88. The van der Waals surface area contributed by atoms with Gasteiger partial charge in [-0.2, -0.15) is 5.26 Å². The fourth-order valence-electron chi connectivity index (χ4n) is 2.13. The molecule has 1 atom stereocenters. The Labute approximate surface area is 137 Å². The molecule has 0 spiro atoms. The normalized spacial score (nSPS) is 11.5. The van der Waals surface area contributed by atoms with Gasteiger partial charge in [0.15, 0.2) is 6.19 Å². The van der Waals surface area contributed by atoms with Crippen LogP contribution < -0.4 is 10.2 Å². The average molecular weight is 316 g/mol. The summed E-state index contributed by atoms with van der Waals surface area (Å²) in [7, 11) is 5.24. The Bertz CT molecular complexity index is 588. The van der Waals surface area contributed by atoms with Crippen molar-refractivity contribution in [2.24, 2.45) is 5.92 Å². The number of carbonyl (C=O) groups excluding carboxylic acids is 2. The number of nitriles is 1. The van der Waals surface area contributed by atoms with Crippen LogP contribution in [-0.2, 0) is 4.79 Å². The fraction of sp³-hybridized carbons (Fsp3) is 0.471. The summed E-state index contributed by atoms with van der Waals surface area (Å²) >= 11 is 0. The van der Waals surface area contributed by atoms with Crippen LogP contribution in [0.2, 0.25) is 0 Å². The van der Waals surface area contributed by atoms with Crippen molar-refractivity contribution in [3.05, 3.63) is 29.8 Å². The van der Waals surface area contributed by atoms with Crippen LogP contribution in [0.4, 0.5) is 5.69 Å². The number of likely N-dealkylation sites (N-methyl/N-ethyl adjacent to an activating group) is 1. The van der Waals surface area contributed by atoms with Crippen LogP contribution in [0.1, 0.15) is 30.6 Å². The molecule has 124 valence electrons. The van der Waals surface area contributed by atoms with Gasteiger partial charge in [-0.05, 0) is 36.6 Å². The quantitative estimate of drug-likeness (QED) is 0.642. The van der Waals surface area contributed by atoms with E-state index in [1.807, 2.05) is 45.0 Å². The Morgan fingerprint density at radius 1 is 1.17 bits per heavy atom.